The summed E-state index contributed by atoms with van der Waals surface area (Å²) in [5, 5.41) is 9.37. The van der Waals surface area contributed by atoms with Crippen LogP contribution in [0.4, 0.5) is 0 Å². The first-order valence-electron chi connectivity index (χ1n) is 11.0. The van der Waals surface area contributed by atoms with Gasteiger partial charge in [0.15, 0.2) is 0 Å². The number of aliphatic hydroxyl groups excluding tert-OH is 1. The summed E-state index contributed by atoms with van der Waals surface area (Å²) in [5.41, 5.74) is 3.10. The van der Waals surface area contributed by atoms with Crippen LogP contribution in [0.1, 0.15) is 47.9 Å². The molecule has 2 aliphatic rings. The summed E-state index contributed by atoms with van der Waals surface area (Å²) in [6, 6.07) is 2.59. The van der Waals surface area contributed by atoms with Gasteiger partial charge in [-0.25, -0.2) is 0 Å². The van der Waals surface area contributed by atoms with E-state index in [1.165, 1.54) is 0 Å². The Morgan fingerprint density at radius 1 is 1.18 bits per heavy atom. The summed E-state index contributed by atoms with van der Waals surface area (Å²) >= 11 is 0. The number of aryl methyl sites for hydroxylation is 1. The van der Waals surface area contributed by atoms with Crippen LogP contribution in [0.5, 0.6) is 0 Å². The Labute approximate surface area is 170 Å². The van der Waals surface area contributed by atoms with Crippen molar-refractivity contribution in [3.63, 3.8) is 0 Å². The molecule has 6 nitrogen and oxygen atoms in total. The molecule has 2 aliphatic heterocycles. The van der Waals surface area contributed by atoms with E-state index in [9.17, 15) is 9.90 Å². The number of carbonyl (C=O) groups is 1. The van der Waals surface area contributed by atoms with Crippen molar-refractivity contribution in [1.29, 1.82) is 0 Å². The van der Waals surface area contributed by atoms with Crippen LogP contribution in [-0.2, 0) is 6.54 Å². The fourth-order valence-electron chi connectivity index (χ4n) is 5.15. The summed E-state index contributed by atoms with van der Waals surface area (Å²) in [6.07, 6.45) is 2.85. The lowest BCUT2D eigenvalue weighted by atomic mass is 9.86. The molecule has 0 bridgehead atoms. The molecule has 6 heteroatoms. The lowest BCUT2D eigenvalue weighted by Gasteiger charge is -2.46. The van der Waals surface area contributed by atoms with Gasteiger partial charge in [0.25, 0.3) is 5.91 Å². The third-order valence-electron chi connectivity index (χ3n) is 6.84. The van der Waals surface area contributed by atoms with Crippen molar-refractivity contribution in [2.45, 2.75) is 52.6 Å². The van der Waals surface area contributed by atoms with Gasteiger partial charge >= 0.3 is 0 Å². The van der Waals surface area contributed by atoms with E-state index in [2.05, 4.69) is 53.2 Å². The Morgan fingerprint density at radius 3 is 2.50 bits per heavy atom. The number of hydrogen-bond acceptors (Lipinski definition) is 4. The summed E-state index contributed by atoms with van der Waals surface area (Å²) in [7, 11) is 2.19. The molecule has 3 heterocycles. The second-order valence-corrected chi connectivity index (χ2v) is 8.60. The van der Waals surface area contributed by atoms with Crippen LogP contribution < -0.4 is 0 Å². The van der Waals surface area contributed by atoms with Crippen LogP contribution >= 0.6 is 0 Å². The van der Waals surface area contributed by atoms with Crippen LogP contribution in [-0.4, -0.2) is 89.2 Å². The number of aliphatic hydroxyl groups is 1. The topological polar surface area (TPSA) is 52.0 Å². The van der Waals surface area contributed by atoms with Crippen LogP contribution in [0, 0.1) is 19.8 Å². The predicted molar refractivity (Wildman–Crippen MR) is 113 cm³/mol. The minimum atomic E-state index is 0.179. The number of likely N-dealkylation sites (tertiary alicyclic amines) is 1. The molecule has 2 fully saturated rings. The second-order valence-electron chi connectivity index (χ2n) is 8.60. The summed E-state index contributed by atoms with van der Waals surface area (Å²) in [4.78, 5) is 20.4. The molecule has 0 spiro atoms. The molecule has 1 aromatic rings. The number of carbonyl (C=O) groups excluding carboxylic acids is 1. The van der Waals surface area contributed by atoms with E-state index < -0.39 is 0 Å². The third-order valence-corrected chi connectivity index (χ3v) is 6.84. The Kier molecular flexibility index (Phi) is 7.18. The van der Waals surface area contributed by atoms with Gasteiger partial charge in [0, 0.05) is 69.8 Å². The SMILES string of the molecule is CCn1c(C)cc(C(=O)N2CC[C@H](N3CCN(C)CC3)[C@H](CCCO)C2)c1C. The largest absolute Gasteiger partial charge is 0.396 e. The standard InChI is InChI=1S/C22H38N4O2/c1-5-26-17(2)15-20(18(26)3)22(28)25-9-8-21(19(16-25)7-6-14-27)24-12-10-23(4)11-13-24/h15,19,21,27H,5-14,16H2,1-4H3/t19-,21+/m1/s1. The molecule has 0 unspecified atom stereocenters. The molecule has 1 N–H and O–H groups in total. The van der Waals surface area contributed by atoms with Crippen molar-refractivity contribution in [2.75, 3.05) is 52.9 Å². The number of piperazine rings is 1. The fraction of sp³-hybridized carbons (Fsp3) is 0.773. The average Bonchev–Trinajstić information content (AvgIpc) is 2.99. The Morgan fingerprint density at radius 2 is 1.89 bits per heavy atom. The van der Waals surface area contributed by atoms with Crippen LogP contribution in [0.3, 0.4) is 0 Å². The zero-order valence-corrected chi connectivity index (χ0v) is 18.2. The first kappa shape index (κ1) is 21.3. The molecule has 0 saturated carbocycles. The lowest BCUT2D eigenvalue weighted by Crippen LogP contribution is -2.57. The van der Waals surface area contributed by atoms with Crippen molar-refractivity contribution in [1.82, 2.24) is 19.3 Å². The maximum atomic E-state index is 13.3. The minimum absolute atomic E-state index is 0.179. The van der Waals surface area contributed by atoms with Gasteiger partial charge in [-0.15, -0.1) is 0 Å². The van der Waals surface area contributed by atoms with Gasteiger partial charge in [0.2, 0.25) is 0 Å². The quantitative estimate of drug-likeness (QED) is 0.807. The highest BCUT2D eigenvalue weighted by Crippen LogP contribution is 2.29. The van der Waals surface area contributed by atoms with E-state index >= 15 is 0 Å². The number of nitrogens with zero attached hydrogens (tertiary/aromatic N) is 4. The molecule has 2 saturated heterocycles. The van der Waals surface area contributed by atoms with Crippen molar-refractivity contribution in [3.05, 3.63) is 23.0 Å². The molecular weight excluding hydrogens is 352 g/mol. The minimum Gasteiger partial charge on any atom is -0.396 e. The van der Waals surface area contributed by atoms with Gasteiger partial charge < -0.3 is 19.5 Å². The van der Waals surface area contributed by atoms with E-state index in [1.54, 1.807) is 0 Å². The van der Waals surface area contributed by atoms with E-state index in [0.29, 0.717) is 12.0 Å². The summed E-state index contributed by atoms with van der Waals surface area (Å²) in [6.45, 7) is 13.5. The molecule has 158 valence electrons. The number of rotatable bonds is 6. The molecule has 28 heavy (non-hydrogen) atoms. The van der Waals surface area contributed by atoms with Crippen molar-refractivity contribution in [3.8, 4) is 0 Å². The van der Waals surface area contributed by atoms with E-state index in [4.69, 9.17) is 0 Å². The first-order valence-corrected chi connectivity index (χ1v) is 11.0. The summed E-state index contributed by atoms with van der Waals surface area (Å²) in [5.74, 6) is 0.626. The van der Waals surface area contributed by atoms with E-state index in [1.807, 2.05) is 0 Å². The number of hydrogen-bond donors (Lipinski definition) is 1. The maximum absolute atomic E-state index is 13.3. The zero-order valence-electron chi connectivity index (χ0n) is 18.2. The average molecular weight is 391 g/mol. The smallest absolute Gasteiger partial charge is 0.255 e. The van der Waals surface area contributed by atoms with Crippen LogP contribution in [0.2, 0.25) is 0 Å². The second kappa shape index (κ2) is 9.42. The van der Waals surface area contributed by atoms with Gasteiger partial charge in [-0.3, -0.25) is 9.69 Å². The third kappa shape index (κ3) is 4.44. The zero-order chi connectivity index (χ0) is 20.3. The van der Waals surface area contributed by atoms with Gasteiger partial charge in [-0.2, -0.15) is 0 Å². The molecule has 2 atom stereocenters. The lowest BCUT2D eigenvalue weighted by molar-refractivity contribution is 0.0217. The number of piperidine rings is 1. The number of likely N-dealkylation sites (N-methyl/N-ethyl adjacent to an activating group) is 1. The summed E-state index contributed by atoms with van der Waals surface area (Å²) < 4.78 is 2.22. The Hall–Kier alpha value is -1.37. The maximum Gasteiger partial charge on any atom is 0.255 e. The highest BCUT2D eigenvalue weighted by atomic mass is 16.3. The molecule has 0 aromatic carbocycles. The van der Waals surface area contributed by atoms with Crippen LogP contribution in [0.25, 0.3) is 0 Å². The molecule has 1 amide bonds. The normalized spacial score (nSPS) is 24.7. The van der Waals surface area contributed by atoms with E-state index in [-0.39, 0.29) is 12.5 Å². The van der Waals surface area contributed by atoms with E-state index in [0.717, 1.165) is 82.0 Å². The van der Waals surface area contributed by atoms with Gasteiger partial charge in [-0.1, -0.05) is 0 Å². The highest BCUT2D eigenvalue weighted by molar-refractivity contribution is 5.95. The van der Waals surface area contributed by atoms with Gasteiger partial charge in [0.05, 0.1) is 5.56 Å². The van der Waals surface area contributed by atoms with Crippen molar-refractivity contribution >= 4 is 5.91 Å². The monoisotopic (exact) mass is 390 g/mol. The number of aromatic nitrogens is 1. The molecule has 1 aromatic heterocycles. The Balaban J connectivity index is 1.72. The van der Waals surface area contributed by atoms with Crippen molar-refractivity contribution < 1.29 is 9.90 Å². The molecule has 3 rings (SSSR count). The molecular formula is C22H38N4O2. The molecule has 0 aliphatic carbocycles. The fourth-order valence-corrected chi connectivity index (χ4v) is 5.15. The van der Waals surface area contributed by atoms with Crippen LogP contribution in [0.15, 0.2) is 6.07 Å². The van der Waals surface area contributed by atoms with Gasteiger partial charge in [-0.05, 0) is 59.1 Å². The predicted octanol–water partition coefficient (Wildman–Crippen LogP) is 1.98. The number of amides is 1. The highest BCUT2D eigenvalue weighted by Gasteiger charge is 2.36. The van der Waals surface area contributed by atoms with Gasteiger partial charge in [0.1, 0.15) is 0 Å². The first-order chi connectivity index (χ1) is 13.5. The Bertz CT molecular complexity index is 664. The molecule has 0 radical (unpaired) electrons. The van der Waals surface area contributed by atoms with Crippen molar-refractivity contribution in [2.24, 2.45) is 5.92 Å².